The maximum Gasteiger partial charge on any atom is 0.336 e. The molecule has 0 unspecified atom stereocenters. The molecule has 0 aliphatic rings. The fourth-order valence-corrected chi connectivity index (χ4v) is 4.74. The normalized spacial score (nSPS) is 14.6. The summed E-state index contributed by atoms with van der Waals surface area (Å²) in [6.07, 6.45) is 0. The SMILES string of the molecule is CC(=O)N[C@@H](C(=O)N[C@H](C(=O)N[C@H](C(=O)N[C@@H](C)C(=O)Nc1ccc2c(C)cc(=O)oc2c1)C(C)(C)C(N)=O)C(C)(C)C)C(C)(C)C. The molecule has 14 heteroatoms. The van der Waals surface area contributed by atoms with Crippen LogP contribution in [0.15, 0.2) is 33.5 Å². The molecule has 6 amide bonds. The van der Waals surface area contributed by atoms with Crippen molar-refractivity contribution >= 4 is 52.1 Å². The minimum atomic E-state index is -1.64. The third-order valence-corrected chi connectivity index (χ3v) is 7.77. The number of aryl methyl sites for hydroxylation is 1. The number of benzene rings is 1. The number of nitrogens with one attached hydrogen (secondary N) is 5. The van der Waals surface area contributed by atoms with Gasteiger partial charge in [0.25, 0.3) is 0 Å². The van der Waals surface area contributed by atoms with Gasteiger partial charge in [-0.1, -0.05) is 41.5 Å². The molecular weight excluding hydrogens is 608 g/mol. The maximum absolute atomic E-state index is 13.8. The molecule has 258 valence electrons. The molecule has 1 aromatic heterocycles. The van der Waals surface area contributed by atoms with Crippen LogP contribution in [0, 0.1) is 23.2 Å². The number of carbonyl (C=O) groups is 6. The number of hydrogen-bond acceptors (Lipinski definition) is 8. The smallest absolute Gasteiger partial charge is 0.336 e. The molecule has 1 heterocycles. The van der Waals surface area contributed by atoms with Gasteiger partial charge >= 0.3 is 5.63 Å². The molecule has 0 aliphatic heterocycles. The molecule has 2 aromatic rings. The van der Waals surface area contributed by atoms with Crippen molar-refractivity contribution in [3.05, 3.63) is 40.2 Å². The zero-order valence-corrected chi connectivity index (χ0v) is 29.0. The summed E-state index contributed by atoms with van der Waals surface area (Å²) >= 11 is 0. The van der Waals surface area contributed by atoms with Crippen LogP contribution >= 0.6 is 0 Å². The van der Waals surface area contributed by atoms with Crippen molar-refractivity contribution in [2.45, 2.75) is 100 Å². The Hall–Kier alpha value is -4.75. The van der Waals surface area contributed by atoms with E-state index in [9.17, 15) is 33.6 Å². The minimum absolute atomic E-state index is 0.266. The molecule has 47 heavy (non-hydrogen) atoms. The van der Waals surface area contributed by atoms with E-state index in [1.165, 1.54) is 39.8 Å². The zero-order valence-electron chi connectivity index (χ0n) is 29.0. The number of fused-ring (bicyclic) bond motifs is 1. The number of hydrogen-bond donors (Lipinski definition) is 6. The van der Waals surface area contributed by atoms with Gasteiger partial charge in [-0.05, 0) is 56.2 Å². The number of primary amides is 1. The zero-order chi connectivity index (χ0) is 36.2. The first-order valence-corrected chi connectivity index (χ1v) is 15.2. The van der Waals surface area contributed by atoms with Gasteiger partial charge in [-0.25, -0.2) is 4.79 Å². The molecule has 4 atom stereocenters. The average molecular weight is 657 g/mol. The van der Waals surface area contributed by atoms with Gasteiger partial charge in [-0.15, -0.1) is 0 Å². The monoisotopic (exact) mass is 656 g/mol. The second-order valence-electron chi connectivity index (χ2n) is 14.5. The van der Waals surface area contributed by atoms with Gasteiger partial charge in [0, 0.05) is 30.1 Å². The molecule has 0 aliphatic carbocycles. The first kappa shape index (κ1) is 38.4. The number of amides is 6. The topological polar surface area (TPSA) is 219 Å². The van der Waals surface area contributed by atoms with Crippen LogP contribution in [0.2, 0.25) is 0 Å². The van der Waals surface area contributed by atoms with Crippen molar-refractivity contribution in [1.82, 2.24) is 21.3 Å². The summed E-state index contributed by atoms with van der Waals surface area (Å²) in [5.74, 6) is -4.27. The summed E-state index contributed by atoms with van der Waals surface area (Å²) in [5, 5.41) is 13.7. The van der Waals surface area contributed by atoms with Gasteiger partial charge in [0.2, 0.25) is 35.4 Å². The van der Waals surface area contributed by atoms with E-state index in [1.807, 2.05) is 0 Å². The maximum atomic E-state index is 13.8. The van der Waals surface area contributed by atoms with Crippen molar-refractivity contribution in [1.29, 1.82) is 0 Å². The minimum Gasteiger partial charge on any atom is -0.423 e. The van der Waals surface area contributed by atoms with E-state index >= 15 is 0 Å². The molecule has 0 fully saturated rings. The summed E-state index contributed by atoms with van der Waals surface area (Å²) in [5.41, 5.74) is 3.13. The van der Waals surface area contributed by atoms with E-state index in [-0.39, 0.29) is 5.58 Å². The largest absolute Gasteiger partial charge is 0.423 e. The Labute approximate surface area is 274 Å². The van der Waals surface area contributed by atoms with Crippen molar-refractivity contribution in [2.75, 3.05) is 5.32 Å². The van der Waals surface area contributed by atoms with E-state index in [0.29, 0.717) is 16.6 Å². The highest BCUT2D eigenvalue weighted by Crippen LogP contribution is 2.26. The highest BCUT2D eigenvalue weighted by molar-refractivity contribution is 6.01. The molecule has 0 radical (unpaired) electrons. The lowest BCUT2D eigenvalue weighted by molar-refractivity contribution is -0.141. The van der Waals surface area contributed by atoms with Crippen LogP contribution in [0.1, 0.15) is 74.8 Å². The number of rotatable bonds is 11. The van der Waals surface area contributed by atoms with E-state index in [4.69, 9.17) is 10.2 Å². The quantitative estimate of drug-likeness (QED) is 0.195. The first-order valence-electron chi connectivity index (χ1n) is 15.2. The van der Waals surface area contributed by atoms with E-state index < -0.39 is 81.5 Å². The summed E-state index contributed by atoms with van der Waals surface area (Å²) in [6.45, 7) is 17.5. The van der Waals surface area contributed by atoms with E-state index in [2.05, 4.69) is 26.6 Å². The van der Waals surface area contributed by atoms with Crippen LogP contribution in [-0.2, 0) is 28.8 Å². The average Bonchev–Trinajstić information content (AvgIpc) is 2.91. The van der Waals surface area contributed by atoms with Crippen molar-refractivity contribution in [3.63, 3.8) is 0 Å². The summed E-state index contributed by atoms with van der Waals surface area (Å²) in [6, 6.07) is 1.20. The molecule has 0 saturated heterocycles. The fourth-order valence-electron chi connectivity index (χ4n) is 4.74. The highest BCUT2D eigenvalue weighted by atomic mass is 16.4. The molecule has 7 N–H and O–H groups in total. The lowest BCUT2D eigenvalue weighted by Crippen LogP contribution is -2.65. The van der Waals surface area contributed by atoms with Gasteiger partial charge in [0.05, 0.1) is 5.41 Å². The van der Waals surface area contributed by atoms with Crippen LogP contribution in [0.3, 0.4) is 0 Å². The third kappa shape index (κ3) is 9.87. The van der Waals surface area contributed by atoms with Crippen LogP contribution in [0.25, 0.3) is 11.0 Å². The Morgan fingerprint density at radius 2 is 1.21 bits per heavy atom. The van der Waals surface area contributed by atoms with Gasteiger partial charge < -0.3 is 36.7 Å². The summed E-state index contributed by atoms with van der Waals surface area (Å²) < 4.78 is 5.23. The predicted molar refractivity (Wildman–Crippen MR) is 177 cm³/mol. The summed E-state index contributed by atoms with van der Waals surface area (Å²) in [7, 11) is 0. The number of carbonyl (C=O) groups excluding carboxylic acids is 6. The summed E-state index contributed by atoms with van der Waals surface area (Å²) in [4.78, 5) is 89.9. The molecular formula is C33H48N6O8. The van der Waals surface area contributed by atoms with E-state index in [1.54, 1.807) is 60.6 Å². The van der Waals surface area contributed by atoms with Crippen molar-refractivity contribution in [3.8, 4) is 0 Å². The lowest BCUT2D eigenvalue weighted by atomic mass is 9.80. The fraction of sp³-hybridized carbons (Fsp3) is 0.545. The Morgan fingerprint density at radius 3 is 1.70 bits per heavy atom. The van der Waals surface area contributed by atoms with Gasteiger partial charge in [-0.2, -0.15) is 0 Å². The number of anilines is 1. The third-order valence-electron chi connectivity index (χ3n) is 7.77. The van der Waals surface area contributed by atoms with Gasteiger partial charge in [-0.3, -0.25) is 28.8 Å². The van der Waals surface area contributed by atoms with Crippen LogP contribution in [0.4, 0.5) is 5.69 Å². The van der Waals surface area contributed by atoms with Crippen molar-refractivity contribution in [2.24, 2.45) is 22.0 Å². The van der Waals surface area contributed by atoms with Crippen molar-refractivity contribution < 1.29 is 33.2 Å². The Morgan fingerprint density at radius 1 is 0.723 bits per heavy atom. The van der Waals surface area contributed by atoms with Crippen LogP contribution < -0.4 is 37.9 Å². The van der Waals surface area contributed by atoms with E-state index in [0.717, 1.165) is 0 Å². The molecule has 0 bridgehead atoms. The highest BCUT2D eigenvalue weighted by Gasteiger charge is 2.45. The lowest BCUT2D eigenvalue weighted by Gasteiger charge is -2.37. The standard InChI is InChI=1S/C33H48N6O8/c1-16-14-22(41)47-21-15-19(12-13-20(16)21)37-26(42)17(2)35-29(45)25(33(10,11)30(34)46)39-28(44)24(32(7,8)9)38-27(43)23(31(4,5)6)36-18(3)40/h12-15,17,23-25H,1-11H3,(H2,34,46)(H,35,45)(H,36,40)(H,37,42)(H,38,43)(H,39,44)/t17-,23-,24+,25+/m0/s1. The molecule has 0 spiro atoms. The molecule has 2 rings (SSSR count). The second kappa shape index (κ2) is 14.3. The Bertz CT molecular complexity index is 1620. The molecule has 0 saturated carbocycles. The van der Waals surface area contributed by atoms with Gasteiger partial charge in [0.15, 0.2) is 0 Å². The van der Waals surface area contributed by atoms with Crippen LogP contribution in [0.5, 0.6) is 0 Å². The van der Waals surface area contributed by atoms with Gasteiger partial charge in [0.1, 0.15) is 29.8 Å². The Balaban J connectivity index is 2.32. The predicted octanol–water partition coefficient (Wildman–Crippen LogP) is 1.62. The van der Waals surface area contributed by atoms with Crippen LogP contribution in [-0.4, -0.2) is 59.6 Å². The Kier molecular flexibility index (Phi) is 11.7. The second-order valence-corrected chi connectivity index (χ2v) is 14.5. The molecule has 14 nitrogen and oxygen atoms in total. The number of nitrogens with two attached hydrogens (primary N) is 1. The molecule has 1 aromatic carbocycles. The first-order chi connectivity index (χ1) is 21.4.